The zero-order chi connectivity index (χ0) is 16.0. The third kappa shape index (κ3) is 5.17. The van der Waals surface area contributed by atoms with E-state index in [1.807, 2.05) is 13.0 Å². The van der Waals surface area contributed by atoms with Gasteiger partial charge in [-0.15, -0.1) is 0 Å². The fourth-order valence-corrected chi connectivity index (χ4v) is 2.11. The van der Waals surface area contributed by atoms with E-state index in [0.29, 0.717) is 12.8 Å². The van der Waals surface area contributed by atoms with E-state index in [1.165, 1.54) is 19.1 Å². The highest BCUT2D eigenvalue weighted by atomic mass is 19.1. The summed E-state index contributed by atoms with van der Waals surface area (Å²) in [6, 6.07) is 6.27. The van der Waals surface area contributed by atoms with Crippen molar-refractivity contribution in [3.63, 3.8) is 0 Å². The molecule has 116 valence electrons. The van der Waals surface area contributed by atoms with Gasteiger partial charge in [0, 0.05) is 6.42 Å². The van der Waals surface area contributed by atoms with Gasteiger partial charge in [-0.3, -0.25) is 4.79 Å². The first kappa shape index (κ1) is 17.1. The standard InChI is InChI=1S/C16H22FNO3/c1-4-16(3,15(20)21)18-14(19)9-11(2)8-12-6-5-7-13(17)10-12/h5-7,10-11H,4,8-9H2,1-3H3,(H,18,19)(H,20,21). The molecular formula is C16H22FNO3. The minimum absolute atomic E-state index is 0.00158. The molecular weight excluding hydrogens is 273 g/mol. The average molecular weight is 295 g/mol. The molecule has 0 aromatic heterocycles. The monoisotopic (exact) mass is 295 g/mol. The maximum absolute atomic E-state index is 13.1. The third-order valence-corrected chi connectivity index (χ3v) is 3.60. The molecule has 0 aliphatic heterocycles. The zero-order valence-electron chi connectivity index (χ0n) is 12.6. The lowest BCUT2D eigenvalue weighted by Gasteiger charge is -2.25. The highest BCUT2D eigenvalue weighted by molar-refractivity contribution is 5.86. The maximum atomic E-state index is 13.1. The molecule has 0 saturated heterocycles. The van der Waals surface area contributed by atoms with Crippen LogP contribution in [0, 0.1) is 11.7 Å². The third-order valence-electron chi connectivity index (χ3n) is 3.60. The van der Waals surface area contributed by atoms with Crippen molar-refractivity contribution < 1.29 is 19.1 Å². The Morgan fingerprint density at radius 1 is 1.43 bits per heavy atom. The van der Waals surface area contributed by atoms with Crippen LogP contribution >= 0.6 is 0 Å². The molecule has 0 heterocycles. The van der Waals surface area contributed by atoms with Crippen LogP contribution < -0.4 is 5.32 Å². The second-order valence-electron chi connectivity index (χ2n) is 5.68. The first-order valence-electron chi connectivity index (χ1n) is 7.05. The summed E-state index contributed by atoms with van der Waals surface area (Å²) in [5, 5.41) is 11.7. The first-order valence-corrected chi connectivity index (χ1v) is 7.05. The van der Waals surface area contributed by atoms with E-state index in [9.17, 15) is 14.0 Å². The summed E-state index contributed by atoms with van der Waals surface area (Å²) >= 11 is 0. The van der Waals surface area contributed by atoms with Gasteiger partial charge in [-0.1, -0.05) is 26.0 Å². The molecule has 2 N–H and O–H groups in total. The first-order chi connectivity index (χ1) is 9.76. The van der Waals surface area contributed by atoms with E-state index in [2.05, 4.69) is 5.32 Å². The molecule has 0 bridgehead atoms. The molecule has 0 radical (unpaired) electrons. The van der Waals surface area contributed by atoms with Gasteiger partial charge in [-0.05, 0) is 43.4 Å². The van der Waals surface area contributed by atoms with E-state index in [4.69, 9.17) is 5.11 Å². The van der Waals surface area contributed by atoms with Gasteiger partial charge in [0.25, 0.3) is 0 Å². The van der Waals surface area contributed by atoms with Crippen LogP contribution in [-0.2, 0) is 16.0 Å². The van der Waals surface area contributed by atoms with E-state index in [-0.39, 0.29) is 24.1 Å². The number of benzene rings is 1. The molecule has 2 unspecified atom stereocenters. The van der Waals surface area contributed by atoms with Crippen molar-refractivity contribution in [2.75, 3.05) is 0 Å². The lowest BCUT2D eigenvalue weighted by molar-refractivity contribution is -0.147. The molecule has 0 aliphatic rings. The molecule has 1 rings (SSSR count). The second kappa shape index (κ2) is 7.20. The number of hydrogen-bond donors (Lipinski definition) is 2. The number of carboxylic acids is 1. The van der Waals surface area contributed by atoms with Gasteiger partial charge in [0.05, 0.1) is 0 Å². The molecule has 0 saturated carbocycles. The minimum Gasteiger partial charge on any atom is -0.480 e. The zero-order valence-corrected chi connectivity index (χ0v) is 12.6. The van der Waals surface area contributed by atoms with Crippen LogP contribution in [0.4, 0.5) is 4.39 Å². The molecule has 4 nitrogen and oxygen atoms in total. The number of rotatable bonds is 7. The summed E-state index contributed by atoms with van der Waals surface area (Å²) < 4.78 is 13.1. The predicted molar refractivity (Wildman–Crippen MR) is 78.4 cm³/mol. The number of amides is 1. The maximum Gasteiger partial charge on any atom is 0.329 e. The molecule has 2 atom stereocenters. The summed E-state index contributed by atoms with van der Waals surface area (Å²) in [4.78, 5) is 23.1. The summed E-state index contributed by atoms with van der Waals surface area (Å²) in [6.45, 7) is 5.09. The van der Waals surface area contributed by atoms with Crippen molar-refractivity contribution in [2.24, 2.45) is 5.92 Å². The minimum atomic E-state index is -1.24. The van der Waals surface area contributed by atoms with Gasteiger partial charge in [-0.25, -0.2) is 9.18 Å². The van der Waals surface area contributed by atoms with E-state index in [1.54, 1.807) is 13.0 Å². The molecule has 0 spiro atoms. The molecule has 1 aromatic rings. The SMILES string of the molecule is CCC(C)(NC(=O)CC(C)Cc1cccc(F)c1)C(=O)O. The number of nitrogens with one attached hydrogen (secondary N) is 1. The summed E-state index contributed by atoms with van der Waals surface area (Å²) in [5.74, 6) is -1.64. The predicted octanol–water partition coefficient (Wildman–Crippen LogP) is 2.76. The summed E-state index contributed by atoms with van der Waals surface area (Å²) in [6.07, 6.45) is 1.09. The number of halogens is 1. The Labute approximate surface area is 124 Å². The highest BCUT2D eigenvalue weighted by Gasteiger charge is 2.32. The molecule has 1 amide bonds. The number of carbonyl (C=O) groups excluding carboxylic acids is 1. The average Bonchev–Trinajstić information content (AvgIpc) is 2.37. The fraction of sp³-hybridized carbons (Fsp3) is 0.500. The van der Waals surface area contributed by atoms with Crippen LogP contribution in [0.3, 0.4) is 0 Å². The van der Waals surface area contributed by atoms with Gasteiger partial charge in [0.1, 0.15) is 11.4 Å². The van der Waals surface area contributed by atoms with Crippen molar-refractivity contribution in [1.82, 2.24) is 5.32 Å². The van der Waals surface area contributed by atoms with E-state index in [0.717, 1.165) is 5.56 Å². The van der Waals surface area contributed by atoms with Crippen LogP contribution in [0.25, 0.3) is 0 Å². The van der Waals surface area contributed by atoms with Crippen LogP contribution in [0.1, 0.15) is 39.2 Å². The molecule has 0 fully saturated rings. The molecule has 0 aliphatic carbocycles. The van der Waals surface area contributed by atoms with Crippen molar-refractivity contribution in [1.29, 1.82) is 0 Å². The Kier molecular flexibility index (Phi) is 5.88. The van der Waals surface area contributed by atoms with Crippen LogP contribution in [0.5, 0.6) is 0 Å². The lowest BCUT2D eigenvalue weighted by Crippen LogP contribution is -2.52. The van der Waals surface area contributed by atoms with Gasteiger partial charge in [0.15, 0.2) is 0 Å². The van der Waals surface area contributed by atoms with Gasteiger partial charge in [-0.2, -0.15) is 0 Å². The Morgan fingerprint density at radius 3 is 2.62 bits per heavy atom. The number of hydrogen-bond acceptors (Lipinski definition) is 2. The molecule has 5 heteroatoms. The Bertz CT molecular complexity index is 518. The largest absolute Gasteiger partial charge is 0.480 e. The van der Waals surface area contributed by atoms with Crippen molar-refractivity contribution in [3.8, 4) is 0 Å². The van der Waals surface area contributed by atoms with Crippen molar-refractivity contribution >= 4 is 11.9 Å². The summed E-state index contributed by atoms with van der Waals surface area (Å²) in [5.41, 5.74) is -0.415. The van der Waals surface area contributed by atoms with Gasteiger partial charge >= 0.3 is 5.97 Å². The number of carbonyl (C=O) groups is 2. The molecule has 21 heavy (non-hydrogen) atoms. The van der Waals surface area contributed by atoms with E-state index < -0.39 is 11.5 Å². The van der Waals surface area contributed by atoms with Crippen molar-refractivity contribution in [2.45, 2.75) is 45.6 Å². The number of aliphatic carboxylic acids is 1. The van der Waals surface area contributed by atoms with Crippen molar-refractivity contribution in [3.05, 3.63) is 35.6 Å². The quantitative estimate of drug-likeness (QED) is 0.813. The molecule has 1 aromatic carbocycles. The van der Waals surface area contributed by atoms with E-state index >= 15 is 0 Å². The topological polar surface area (TPSA) is 66.4 Å². The van der Waals surface area contributed by atoms with Crippen LogP contribution in [0.2, 0.25) is 0 Å². The van der Waals surface area contributed by atoms with Crippen LogP contribution in [0.15, 0.2) is 24.3 Å². The fourth-order valence-electron chi connectivity index (χ4n) is 2.11. The van der Waals surface area contributed by atoms with Gasteiger partial charge in [0.2, 0.25) is 5.91 Å². The lowest BCUT2D eigenvalue weighted by atomic mass is 9.95. The second-order valence-corrected chi connectivity index (χ2v) is 5.68. The van der Waals surface area contributed by atoms with Crippen LogP contribution in [-0.4, -0.2) is 22.5 Å². The Hall–Kier alpha value is -1.91. The summed E-state index contributed by atoms with van der Waals surface area (Å²) in [7, 11) is 0. The normalized spacial score (nSPS) is 15.0. The Balaban J connectivity index is 2.56. The highest BCUT2D eigenvalue weighted by Crippen LogP contribution is 2.15. The number of carboxylic acid groups (broad SMARTS) is 1. The van der Waals surface area contributed by atoms with Gasteiger partial charge < -0.3 is 10.4 Å². The smallest absolute Gasteiger partial charge is 0.329 e. The Morgan fingerprint density at radius 2 is 2.10 bits per heavy atom.